The van der Waals surface area contributed by atoms with Gasteiger partial charge >= 0.3 is 0 Å². The first-order valence-corrected chi connectivity index (χ1v) is 9.78. The van der Waals surface area contributed by atoms with E-state index in [1.807, 2.05) is 14.2 Å². The van der Waals surface area contributed by atoms with Crippen LogP contribution in [0.4, 0.5) is 0 Å². The molecule has 5 nitrogen and oxygen atoms in total. The second kappa shape index (κ2) is 6.84. The minimum Gasteiger partial charge on any atom is -0.390 e. The van der Waals surface area contributed by atoms with Gasteiger partial charge in [0.25, 0.3) is 0 Å². The molecular formula is C19H33NO4. The molecule has 0 aromatic rings. The number of methoxy groups -OCH3 is 2. The van der Waals surface area contributed by atoms with Gasteiger partial charge in [-0.2, -0.15) is 0 Å². The smallest absolute Gasteiger partial charge is 0.0875 e. The highest BCUT2D eigenvalue weighted by Gasteiger charge is 2.51. The number of fused-ring (bicyclic) bond motifs is 4. The molecule has 2 aliphatic carbocycles. The fraction of sp³-hybridized carbons (Fsp3) is 1.00. The molecule has 0 spiro atoms. The summed E-state index contributed by atoms with van der Waals surface area (Å²) in [5.41, 5.74) is 0. The number of ether oxygens (including phenoxy) is 2. The zero-order chi connectivity index (χ0) is 16.8. The molecule has 2 N–H and O–H groups in total. The van der Waals surface area contributed by atoms with Crippen molar-refractivity contribution in [2.45, 2.75) is 69.0 Å². The maximum atomic E-state index is 10.2. The molecular weight excluding hydrogens is 306 g/mol. The average Bonchev–Trinajstić information content (AvgIpc) is 2.60. The van der Waals surface area contributed by atoms with Crippen LogP contribution in [-0.2, 0) is 9.47 Å². The fourth-order valence-corrected chi connectivity index (χ4v) is 6.40. The van der Waals surface area contributed by atoms with Crippen LogP contribution in [0.15, 0.2) is 0 Å². The molecule has 0 bridgehead atoms. The van der Waals surface area contributed by atoms with Gasteiger partial charge in [-0.3, -0.25) is 4.90 Å². The van der Waals surface area contributed by atoms with Crippen LogP contribution < -0.4 is 0 Å². The number of hydrogen-bond acceptors (Lipinski definition) is 5. The minimum absolute atomic E-state index is 0.214. The fourth-order valence-electron chi connectivity index (χ4n) is 6.40. The highest BCUT2D eigenvalue weighted by atomic mass is 16.5. The number of piperidine rings is 2. The van der Waals surface area contributed by atoms with Crippen molar-refractivity contribution in [3.63, 3.8) is 0 Å². The largest absolute Gasteiger partial charge is 0.390 e. The highest BCUT2D eigenvalue weighted by Crippen LogP contribution is 2.48. The summed E-state index contributed by atoms with van der Waals surface area (Å²) in [6.07, 6.45) is 5.69. The first kappa shape index (κ1) is 17.2. The lowest BCUT2D eigenvalue weighted by Crippen LogP contribution is -2.62. The van der Waals surface area contributed by atoms with E-state index in [1.165, 1.54) is 12.8 Å². The molecule has 4 rings (SSSR count). The molecule has 9 unspecified atom stereocenters. The summed E-state index contributed by atoms with van der Waals surface area (Å²) in [5, 5.41) is 20.2. The molecule has 5 heteroatoms. The predicted octanol–water partition coefficient (Wildman–Crippen LogP) is 1.27. The van der Waals surface area contributed by atoms with E-state index < -0.39 is 12.2 Å². The second-order valence-electron chi connectivity index (χ2n) is 8.59. The van der Waals surface area contributed by atoms with E-state index >= 15 is 0 Å². The predicted molar refractivity (Wildman–Crippen MR) is 90.6 cm³/mol. The molecule has 0 amide bonds. The van der Waals surface area contributed by atoms with Crippen LogP contribution >= 0.6 is 0 Å². The number of hydrogen-bond donors (Lipinski definition) is 2. The summed E-state index contributed by atoms with van der Waals surface area (Å²) in [4.78, 5) is 2.66. The van der Waals surface area contributed by atoms with E-state index in [0.717, 1.165) is 38.8 Å². The first-order valence-electron chi connectivity index (χ1n) is 9.78. The van der Waals surface area contributed by atoms with Crippen LogP contribution in [0.5, 0.6) is 0 Å². The molecule has 0 aromatic carbocycles. The summed E-state index contributed by atoms with van der Waals surface area (Å²) < 4.78 is 11.5. The van der Waals surface area contributed by atoms with Crippen molar-refractivity contribution in [1.29, 1.82) is 0 Å². The van der Waals surface area contributed by atoms with Crippen LogP contribution in [-0.4, -0.2) is 72.9 Å². The van der Waals surface area contributed by atoms with Crippen molar-refractivity contribution in [3.05, 3.63) is 0 Å². The van der Waals surface area contributed by atoms with Crippen molar-refractivity contribution in [2.24, 2.45) is 23.7 Å². The maximum absolute atomic E-state index is 10.2. The van der Waals surface area contributed by atoms with Crippen molar-refractivity contribution in [3.8, 4) is 0 Å². The Balaban J connectivity index is 1.50. The molecule has 4 aliphatic rings. The number of nitrogens with zero attached hydrogens (tertiary/aromatic N) is 1. The Labute approximate surface area is 145 Å². The van der Waals surface area contributed by atoms with Gasteiger partial charge in [0.05, 0.1) is 24.4 Å². The molecule has 0 aromatic heterocycles. The summed E-state index contributed by atoms with van der Waals surface area (Å²) >= 11 is 0. The summed E-state index contributed by atoms with van der Waals surface area (Å²) in [6.45, 7) is 2.24. The first-order chi connectivity index (χ1) is 11.6. The lowest BCUT2D eigenvalue weighted by Gasteiger charge is -2.57. The third kappa shape index (κ3) is 2.82. The molecule has 4 fully saturated rings. The lowest BCUT2D eigenvalue weighted by molar-refractivity contribution is -0.153. The zero-order valence-electron chi connectivity index (χ0n) is 15.0. The third-order valence-electron chi connectivity index (χ3n) is 7.64. The molecule has 9 atom stereocenters. The Hall–Kier alpha value is -0.200. The van der Waals surface area contributed by atoms with Crippen molar-refractivity contribution in [2.75, 3.05) is 27.3 Å². The van der Waals surface area contributed by atoms with E-state index in [4.69, 9.17) is 9.47 Å². The van der Waals surface area contributed by atoms with Gasteiger partial charge in [0.1, 0.15) is 0 Å². The van der Waals surface area contributed by atoms with Gasteiger partial charge in [-0.05, 0) is 62.8 Å². The quantitative estimate of drug-likeness (QED) is 0.793. The van der Waals surface area contributed by atoms with Crippen LogP contribution in [0, 0.1) is 23.7 Å². The topological polar surface area (TPSA) is 62.2 Å². The highest BCUT2D eigenvalue weighted by molar-refractivity contribution is 5.03. The monoisotopic (exact) mass is 339 g/mol. The number of aliphatic hydroxyl groups excluding tert-OH is 2. The Morgan fingerprint density at radius 3 is 2.33 bits per heavy atom. The van der Waals surface area contributed by atoms with E-state index in [9.17, 15) is 10.2 Å². The van der Waals surface area contributed by atoms with E-state index in [-0.39, 0.29) is 12.2 Å². The van der Waals surface area contributed by atoms with E-state index in [1.54, 1.807) is 0 Å². The normalized spacial score (nSPS) is 52.2. The van der Waals surface area contributed by atoms with Gasteiger partial charge in [-0.25, -0.2) is 0 Å². The van der Waals surface area contributed by atoms with Gasteiger partial charge in [0.15, 0.2) is 0 Å². The summed E-state index contributed by atoms with van der Waals surface area (Å²) in [5.74, 6) is 2.43. The Kier molecular flexibility index (Phi) is 4.91. The van der Waals surface area contributed by atoms with E-state index in [0.29, 0.717) is 29.7 Å². The van der Waals surface area contributed by atoms with E-state index in [2.05, 4.69) is 4.90 Å². The summed E-state index contributed by atoms with van der Waals surface area (Å²) in [7, 11) is 3.64. The Bertz CT molecular complexity index is 447. The molecule has 2 aliphatic heterocycles. The minimum atomic E-state index is -0.528. The van der Waals surface area contributed by atoms with Crippen LogP contribution in [0.1, 0.15) is 38.5 Å². The van der Waals surface area contributed by atoms with Gasteiger partial charge in [0, 0.05) is 32.7 Å². The molecule has 2 heterocycles. The summed E-state index contributed by atoms with van der Waals surface area (Å²) in [6, 6.07) is 0.587. The molecule has 24 heavy (non-hydrogen) atoms. The van der Waals surface area contributed by atoms with Crippen LogP contribution in [0.3, 0.4) is 0 Å². The standard InChI is InChI=1S/C19H33NO4/c1-23-18-4-3-11-7-15-13-9-17(22)16(21)8-12(13)5-6-20(15)10-14(11)19(18)24-2/h11-19,21-22H,3-10H2,1-2H3. The van der Waals surface area contributed by atoms with Crippen molar-refractivity contribution >= 4 is 0 Å². The lowest BCUT2D eigenvalue weighted by atomic mass is 9.62. The van der Waals surface area contributed by atoms with Crippen LogP contribution in [0.2, 0.25) is 0 Å². The molecule has 2 saturated heterocycles. The van der Waals surface area contributed by atoms with Gasteiger partial charge in [-0.15, -0.1) is 0 Å². The van der Waals surface area contributed by atoms with Gasteiger partial charge < -0.3 is 19.7 Å². The van der Waals surface area contributed by atoms with Crippen molar-refractivity contribution < 1.29 is 19.7 Å². The van der Waals surface area contributed by atoms with Gasteiger partial charge in [-0.1, -0.05) is 0 Å². The second-order valence-corrected chi connectivity index (χ2v) is 8.59. The van der Waals surface area contributed by atoms with Crippen LogP contribution in [0.25, 0.3) is 0 Å². The zero-order valence-corrected chi connectivity index (χ0v) is 15.0. The molecule has 138 valence electrons. The van der Waals surface area contributed by atoms with Crippen molar-refractivity contribution in [1.82, 2.24) is 4.90 Å². The maximum Gasteiger partial charge on any atom is 0.0875 e. The Morgan fingerprint density at radius 2 is 1.58 bits per heavy atom. The number of aliphatic hydroxyl groups is 2. The molecule has 0 radical (unpaired) electrons. The Morgan fingerprint density at radius 1 is 0.833 bits per heavy atom. The molecule has 2 saturated carbocycles. The SMILES string of the molecule is COC1CCC2CC3C4CC(O)C(O)CC4CCN3CC2C1OC. The number of rotatable bonds is 2. The third-order valence-corrected chi connectivity index (χ3v) is 7.64. The average molecular weight is 339 g/mol. The van der Waals surface area contributed by atoms with Gasteiger partial charge in [0.2, 0.25) is 0 Å².